The van der Waals surface area contributed by atoms with E-state index in [2.05, 4.69) is 0 Å². The molecule has 3 aromatic carbocycles. The van der Waals surface area contributed by atoms with E-state index in [9.17, 15) is 14.4 Å². The van der Waals surface area contributed by atoms with Crippen LogP contribution in [0.2, 0.25) is 5.02 Å². The van der Waals surface area contributed by atoms with Gasteiger partial charge in [0.25, 0.3) is 5.56 Å². The maximum atomic E-state index is 13.2. The zero-order chi connectivity index (χ0) is 19.6. The molecule has 0 aliphatic carbocycles. The second-order valence-electron chi connectivity index (χ2n) is 6.45. The Labute approximate surface area is 161 Å². The van der Waals surface area contributed by atoms with Crippen molar-refractivity contribution in [3.8, 4) is 5.69 Å². The number of nitrogens with zero attached hydrogens (tertiary/aromatic N) is 2. The van der Waals surface area contributed by atoms with Crippen LogP contribution in [-0.4, -0.2) is 20.0 Å². The van der Waals surface area contributed by atoms with Crippen LogP contribution < -0.4 is 11.2 Å². The number of hydrogen-bond donors (Lipinski definition) is 1. The average Bonchev–Trinajstić information content (AvgIpc) is 2.99. The van der Waals surface area contributed by atoms with Crippen LogP contribution >= 0.6 is 11.6 Å². The molecule has 0 amide bonds. The molecule has 7 heteroatoms. The molecule has 6 nitrogen and oxygen atoms in total. The fourth-order valence-corrected chi connectivity index (χ4v) is 3.99. The summed E-state index contributed by atoms with van der Waals surface area (Å²) in [6.45, 7) is 0. The number of aromatic carboxylic acids is 1. The maximum Gasteiger partial charge on any atom is 0.340 e. The molecular weight excluding hydrogens is 380 g/mol. The fraction of sp³-hybridized carbons (Fsp3) is 0. The quantitative estimate of drug-likeness (QED) is 0.467. The van der Waals surface area contributed by atoms with Gasteiger partial charge >= 0.3 is 11.7 Å². The first kappa shape index (κ1) is 16.5. The van der Waals surface area contributed by atoms with Gasteiger partial charge in [-0.15, -0.1) is 0 Å². The van der Waals surface area contributed by atoms with Crippen LogP contribution in [0.4, 0.5) is 0 Å². The second kappa shape index (κ2) is 5.68. The summed E-state index contributed by atoms with van der Waals surface area (Å²) in [6.07, 6.45) is 0. The molecule has 5 aromatic rings. The zero-order valence-electron chi connectivity index (χ0n) is 14.2. The third kappa shape index (κ3) is 2.06. The summed E-state index contributed by atoms with van der Waals surface area (Å²) in [6, 6.07) is 16.5. The summed E-state index contributed by atoms with van der Waals surface area (Å²) < 4.78 is 2.53. The Morgan fingerprint density at radius 2 is 1.57 bits per heavy atom. The van der Waals surface area contributed by atoms with E-state index in [0.717, 1.165) is 9.79 Å². The number of pyridine rings is 1. The molecular formula is C21H11ClN2O4. The van der Waals surface area contributed by atoms with Crippen LogP contribution in [0.5, 0.6) is 0 Å². The highest BCUT2D eigenvalue weighted by atomic mass is 35.5. The van der Waals surface area contributed by atoms with Gasteiger partial charge in [0.05, 0.1) is 32.7 Å². The van der Waals surface area contributed by atoms with Crippen molar-refractivity contribution in [2.24, 2.45) is 0 Å². The van der Waals surface area contributed by atoms with Crippen LogP contribution in [0.25, 0.3) is 32.9 Å². The Morgan fingerprint density at radius 1 is 0.893 bits per heavy atom. The van der Waals surface area contributed by atoms with Crippen LogP contribution in [0.3, 0.4) is 0 Å². The Balaban J connectivity index is 1.99. The van der Waals surface area contributed by atoms with Crippen molar-refractivity contribution >= 4 is 44.8 Å². The summed E-state index contributed by atoms with van der Waals surface area (Å²) in [5, 5.41) is 11.1. The highest BCUT2D eigenvalue weighted by Gasteiger charge is 2.20. The van der Waals surface area contributed by atoms with Gasteiger partial charge in [0, 0.05) is 5.39 Å². The fourth-order valence-electron chi connectivity index (χ4n) is 3.73. The lowest BCUT2D eigenvalue weighted by molar-refractivity contribution is 0.0697. The first-order valence-corrected chi connectivity index (χ1v) is 8.80. The third-order valence-electron chi connectivity index (χ3n) is 4.96. The molecule has 0 fully saturated rings. The lowest BCUT2D eigenvalue weighted by atomic mass is 10.1. The zero-order valence-corrected chi connectivity index (χ0v) is 15.0. The largest absolute Gasteiger partial charge is 0.478 e. The minimum atomic E-state index is -1.05. The van der Waals surface area contributed by atoms with Crippen molar-refractivity contribution in [1.29, 1.82) is 0 Å². The summed E-state index contributed by atoms with van der Waals surface area (Å²) in [7, 11) is 0. The Kier molecular flexibility index (Phi) is 3.35. The molecule has 0 spiro atoms. The van der Waals surface area contributed by atoms with Crippen LogP contribution in [0.15, 0.2) is 70.3 Å². The van der Waals surface area contributed by atoms with Gasteiger partial charge in [-0.05, 0) is 41.8 Å². The number of carboxylic acids is 1. The molecule has 2 heterocycles. The monoisotopic (exact) mass is 390 g/mol. The lowest BCUT2D eigenvalue weighted by Gasteiger charge is -2.06. The lowest BCUT2D eigenvalue weighted by Crippen LogP contribution is -2.28. The maximum absolute atomic E-state index is 13.2. The van der Waals surface area contributed by atoms with Gasteiger partial charge in [-0.25, -0.2) is 14.0 Å². The Hall–Kier alpha value is -3.64. The number of aromatic nitrogens is 2. The molecule has 136 valence electrons. The van der Waals surface area contributed by atoms with Crippen LogP contribution in [-0.2, 0) is 0 Å². The number of imidazole rings is 1. The number of halogens is 1. The number of carbonyl (C=O) groups is 1. The summed E-state index contributed by atoms with van der Waals surface area (Å²) in [4.78, 5) is 37.4. The first-order valence-electron chi connectivity index (χ1n) is 8.43. The van der Waals surface area contributed by atoms with Crippen molar-refractivity contribution < 1.29 is 9.90 Å². The molecule has 0 bridgehead atoms. The van der Waals surface area contributed by atoms with E-state index in [4.69, 9.17) is 16.7 Å². The molecule has 2 aromatic heterocycles. The van der Waals surface area contributed by atoms with Gasteiger partial charge in [-0.1, -0.05) is 35.9 Å². The van der Waals surface area contributed by atoms with E-state index in [0.29, 0.717) is 27.5 Å². The number of rotatable bonds is 2. The number of fused-ring (bicyclic) bond motifs is 2. The van der Waals surface area contributed by atoms with Gasteiger partial charge in [0.1, 0.15) is 0 Å². The highest BCUT2D eigenvalue weighted by molar-refractivity contribution is 6.36. The summed E-state index contributed by atoms with van der Waals surface area (Å²) >= 11 is 6.26. The molecule has 0 saturated heterocycles. The minimum absolute atomic E-state index is 0.112. The predicted molar refractivity (Wildman–Crippen MR) is 107 cm³/mol. The van der Waals surface area contributed by atoms with E-state index in [1.807, 2.05) is 12.1 Å². The van der Waals surface area contributed by atoms with Gasteiger partial charge in [0.2, 0.25) is 0 Å². The van der Waals surface area contributed by atoms with Crippen molar-refractivity contribution in [3.05, 3.63) is 92.1 Å². The highest BCUT2D eigenvalue weighted by Crippen LogP contribution is 2.30. The average molecular weight is 391 g/mol. The topological polar surface area (TPSA) is 80.8 Å². The molecule has 5 rings (SSSR count). The van der Waals surface area contributed by atoms with E-state index in [1.165, 1.54) is 16.7 Å². The SMILES string of the molecule is O=C(O)c1ccc(-n2c(=O)n3c(=O)c4c(Cl)cccc4c4cccc2c43)cc1. The van der Waals surface area contributed by atoms with Crippen LogP contribution in [0.1, 0.15) is 10.4 Å². The van der Waals surface area contributed by atoms with E-state index >= 15 is 0 Å². The molecule has 0 atom stereocenters. The molecule has 0 unspecified atom stereocenters. The second-order valence-corrected chi connectivity index (χ2v) is 6.85. The molecule has 0 aliphatic heterocycles. The van der Waals surface area contributed by atoms with Crippen molar-refractivity contribution in [1.82, 2.24) is 8.97 Å². The van der Waals surface area contributed by atoms with E-state index < -0.39 is 17.2 Å². The van der Waals surface area contributed by atoms with Crippen LogP contribution in [0, 0.1) is 0 Å². The van der Waals surface area contributed by atoms with Gasteiger partial charge < -0.3 is 5.11 Å². The molecule has 28 heavy (non-hydrogen) atoms. The first-order chi connectivity index (χ1) is 13.5. The number of carboxylic acid groups (broad SMARTS) is 1. The van der Waals surface area contributed by atoms with Crippen molar-refractivity contribution in [2.75, 3.05) is 0 Å². The number of para-hydroxylation sites is 1. The molecule has 0 radical (unpaired) electrons. The predicted octanol–water partition coefficient (Wildman–Crippen LogP) is 3.55. The number of benzene rings is 3. The molecule has 1 N–H and O–H groups in total. The van der Waals surface area contributed by atoms with Gasteiger partial charge in [-0.2, -0.15) is 0 Å². The minimum Gasteiger partial charge on any atom is -0.478 e. The summed E-state index contributed by atoms with van der Waals surface area (Å²) in [5.41, 5.74) is 0.650. The molecule has 0 saturated carbocycles. The normalized spacial score (nSPS) is 11.6. The van der Waals surface area contributed by atoms with E-state index in [-0.39, 0.29) is 10.6 Å². The number of hydrogen-bond acceptors (Lipinski definition) is 3. The van der Waals surface area contributed by atoms with Gasteiger partial charge in [-0.3, -0.25) is 9.36 Å². The Morgan fingerprint density at radius 3 is 2.29 bits per heavy atom. The van der Waals surface area contributed by atoms with Gasteiger partial charge in [0.15, 0.2) is 0 Å². The molecule has 0 aliphatic rings. The van der Waals surface area contributed by atoms with Crippen molar-refractivity contribution in [3.63, 3.8) is 0 Å². The smallest absolute Gasteiger partial charge is 0.340 e. The Bertz CT molecular complexity index is 1530. The van der Waals surface area contributed by atoms with Crippen molar-refractivity contribution in [2.45, 2.75) is 0 Å². The van der Waals surface area contributed by atoms with E-state index in [1.54, 1.807) is 36.4 Å². The standard InChI is InChI=1S/C21H11ClN2O4/c22-15-5-1-3-13-14-4-2-6-16-18(14)24(19(25)17(13)15)21(28)23(16)12-9-7-11(8-10-12)20(26)27/h1-10H,(H,26,27). The third-order valence-corrected chi connectivity index (χ3v) is 5.27. The summed E-state index contributed by atoms with van der Waals surface area (Å²) in [5.74, 6) is -1.05.